The Labute approximate surface area is 108 Å². The van der Waals surface area contributed by atoms with Crippen LogP contribution in [0.4, 0.5) is 0 Å². The molecule has 4 heteroatoms. The third-order valence-electron chi connectivity index (χ3n) is 2.72. The topological polar surface area (TPSA) is 44.8 Å². The molecule has 100 valence electrons. The molecule has 0 aliphatic heterocycles. The van der Waals surface area contributed by atoms with E-state index < -0.39 is 0 Å². The molecule has 0 heterocycles. The minimum Gasteiger partial charge on any atom is -0.454 e. The molecule has 0 atom stereocenters. The van der Waals surface area contributed by atoms with Crippen molar-refractivity contribution in [1.82, 2.24) is 0 Å². The van der Waals surface area contributed by atoms with Crippen LogP contribution in [0.1, 0.15) is 21.5 Å². The Morgan fingerprint density at radius 3 is 2.22 bits per heavy atom. The number of benzene rings is 1. The van der Waals surface area contributed by atoms with Gasteiger partial charge in [0.05, 0.1) is 18.8 Å². The molecule has 0 saturated heterocycles. The second-order valence-electron chi connectivity index (χ2n) is 4.24. The van der Waals surface area contributed by atoms with E-state index in [1.807, 2.05) is 26.0 Å². The Bertz CT molecular complexity index is 395. The zero-order chi connectivity index (χ0) is 13.5. The predicted octanol–water partition coefficient (Wildman–Crippen LogP) is 2.12. The number of carbonyl (C=O) groups excluding carboxylic acids is 1. The lowest BCUT2D eigenvalue weighted by atomic mass is 10.1. The first-order valence-electron chi connectivity index (χ1n) is 5.84. The largest absolute Gasteiger partial charge is 0.454 e. The van der Waals surface area contributed by atoms with E-state index in [0.29, 0.717) is 18.8 Å². The molecule has 1 aromatic carbocycles. The number of ether oxygens (including phenoxy) is 3. The molecule has 0 N–H and O–H groups in total. The van der Waals surface area contributed by atoms with Crippen LogP contribution in [0, 0.1) is 13.8 Å². The minimum absolute atomic E-state index is 0.324. The van der Waals surface area contributed by atoms with Crippen LogP contribution in [-0.4, -0.2) is 39.5 Å². The van der Waals surface area contributed by atoms with Crippen LogP contribution >= 0.6 is 0 Å². The van der Waals surface area contributed by atoms with Gasteiger partial charge in [-0.15, -0.1) is 0 Å². The van der Waals surface area contributed by atoms with Gasteiger partial charge in [-0.2, -0.15) is 0 Å². The molecule has 0 spiro atoms. The predicted molar refractivity (Wildman–Crippen MR) is 68.9 cm³/mol. The molecular weight excluding hydrogens is 232 g/mol. The first-order chi connectivity index (χ1) is 8.58. The maximum atomic E-state index is 11.9. The number of esters is 1. The lowest BCUT2D eigenvalue weighted by Gasteiger charge is -2.16. The summed E-state index contributed by atoms with van der Waals surface area (Å²) >= 11 is 0. The van der Waals surface area contributed by atoms with Gasteiger partial charge in [0.2, 0.25) is 0 Å². The van der Waals surface area contributed by atoms with E-state index >= 15 is 0 Å². The number of hydrogen-bond donors (Lipinski definition) is 0. The molecule has 1 rings (SSSR count). The van der Waals surface area contributed by atoms with Crippen molar-refractivity contribution in [2.75, 3.05) is 27.4 Å². The Hall–Kier alpha value is -1.39. The van der Waals surface area contributed by atoms with Crippen molar-refractivity contribution in [3.63, 3.8) is 0 Å². The second kappa shape index (κ2) is 7.13. The smallest absolute Gasteiger partial charge is 0.338 e. The third kappa shape index (κ3) is 4.13. The highest BCUT2D eigenvalue weighted by Crippen LogP contribution is 2.12. The molecule has 0 unspecified atom stereocenters. The highest BCUT2D eigenvalue weighted by Gasteiger charge is 2.16. The normalized spacial score (nSPS) is 10.7. The van der Waals surface area contributed by atoms with Crippen molar-refractivity contribution < 1.29 is 19.0 Å². The van der Waals surface area contributed by atoms with Crippen LogP contribution in [0.2, 0.25) is 0 Å². The molecule has 4 nitrogen and oxygen atoms in total. The van der Waals surface area contributed by atoms with E-state index in [4.69, 9.17) is 14.2 Å². The SMILES string of the molecule is COCC(COC)OC(=O)c1ccc(C)c(C)c1. The highest BCUT2D eigenvalue weighted by atomic mass is 16.6. The summed E-state index contributed by atoms with van der Waals surface area (Å²) in [5.41, 5.74) is 2.77. The van der Waals surface area contributed by atoms with Crippen LogP contribution in [0.5, 0.6) is 0 Å². The molecule has 0 bridgehead atoms. The Balaban J connectivity index is 2.70. The first kappa shape index (κ1) is 14.7. The van der Waals surface area contributed by atoms with Gasteiger partial charge in [-0.05, 0) is 37.1 Å². The van der Waals surface area contributed by atoms with Crippen molar-refractivity contribution in [3.8, 4) is 0 Å². The van der Waals surface area contributed by atoms with E-state index in [-0.39, 0.29) is 12.1 Å². The van der Waals surface area contributed by atoms with E-state index in [9.17, 15) is 4.79 Å². The summed E-state index contributed by atoms with van der Waals surface area (Å²) in [7, 11) is 3.12. The summed E-state index contributed by atoms with van der Waals surface area (Å²) in [4.78, 5) is 11.9. The maximum absolute atomic E-state index is 11.9. The summed E-state index contributed by atoms with van der Waals surface area (Å²) in [6, 6.07) is 5.50. The van der Waals surface area contributed by atoms with Crippen LogP contribution in [0.15, 0.2) is 18.2 Å². The monoisotopic (exact) mass is 252 g/mol. The highest BCUT2D eigenvalue weighted by molar-refractivity contribution is 5.89. The van der Waals surface area contributed by atoms with Crippen molar-refractivity contribution in [2.24, 2.45) is 0 Å². The Kier molecular flexibility index (Phi) is 5.82. The molecule has 0 amide bonds. The number of hydrogen-bond acceptors (Lipinski definition) is 4. The molecule has 0 radical (unpaired) electrons. The summed E-state index contributed by atoms with van der Waals surface area (Å²) in [6.07, 6.45) is -0.380. The van der Waals surface area contributed by atoms with Crippen LogP contribution in [0.25, 0.3) is 0 Å². The van der Waals surface area contributed by atoms with Gasteiger partial charge in [-0.3, -0.25) is 0 Å². The quantitative estimate of drug-likeness (QED) is 0.727. The minimum atomic E-state index is -0.380. The molecule has 0 fully saturated rings. The summed E-state index contributed by atoms with van der Waals surface area (Å²) in [6.45, 7) is 4.62. The molecule has 0 aromatic heterocycles. The number of carbonyl (C=O) groups is 1. The fraction of sp³-hybridized carbons (Fsp3) is 0.500. The van der Waals surface area contributed by atoms with E-state index in [0.717, 1.165) is 11.1 Å². The van der Waals surface area contributed by atoms with Gasteiger partial charge in [-0.25, -0.2) is 4.79 Å². The third-order valence-corrected chi connectivity index (χ3v) is 2.72. The van der Waals surface area contributed by atoms with Crippen molar-refractivity contribution >= 4 is 5.97 Å². The summed E-state index contributed by atoms with van der Waals surface area (Å²) < 4.78 is 15.3. The average Bonchev–Trinajstić information content (AvgIpc) is 2.33. The van der Waals surface area contributed by atoms with E-state index in [1.54, 1.807) is 20.3 Å². The average molecular weight is 252 g/mol. The zero-order valence-corrected chi connectivity index (χ0v) is 11.4. The maximum Gasteiger partial charge on any atom is 0.338 e. The van der Waals surface area contributed by atoms with Crippen molar-refractivity contribution in [2.45, 2.75) is 20.0 Å². The molecule has 0 saturated carbocycles. The van der Waals surface area contributed by atoms with Crippen LogP contribution < -0.4 is 0 Å². The van der Waals surface area contributed by atoms with Gasteiger partial charge in [0.1, 0.15) is 6.10 Å². The standard InChI is InChI=1S/C14H20O4/c1-10-5-6-12(7-11(10)2)14(15)18-13(8-16-3)9-17-4/h5-7,13H,8-9H2,1-4H3. The fourth-order valence-corrected chi connectivity index (χ4v) is 1.58. The van der Waals surface area contributed by atoms with Gasteiger partial charge in [0, 0.05) is 14.2 Å². The van der Waals surface area contributed by atoms with E-state index in [1.165, 1.54) is 0 Å². The Morgan fingerprint density at radius 2 is 1.72 bits per heavy atom. The fourth-order valence-electron chi connectivity index (χ4n) is 1.58. The zero-order valence-electron chi connectivity index (χ0n) is 11.4. The second-order valence-corrected chi connectivity index (χ2v) is 4.24. The number of methoxy groups -OCH3 is 2. The van der Waals surface area contributed by atoms with E-state index in [2.05, 4.69) is 0 Å². The first-order valence-corrected chi connectivity index (χ1v) is 5.84. The number of aryl methyl sites for hydroxylation is 2. The summed E-state index contributed by atoms with van der Waals surface area (Å²) in [5, 5.41) is 0. The van der Waals surface area contributed by atoms with Gasteiger partial charge in [0.25, 0.3) is 0 Å². The molecule has 0 aliphatic carbocycles. The van der Waals surface area contributed by atoms with Gasteiger partial charge in [0.15, 0.2) is 0 Å². The summed E-state index contributed by atoms with van der Waals surface area (Å²) in [5.74, 6) is -0.350. The number of rotatable bonds is 6. The van der Waals surface area contributed by atoms with Gasteiger partial charge >= 0.3 is 5.97 Å². The Morgan fingerprint density at radius 1 is 1.11 bits per heavy atom. The molecule has 18 heavy (non-hydrogen) atoms. The van der Waals surface area contributed by atoms with Gasteiger partial charge in [-0.1, -0.05) is 6.07 Å². The molecule has 0 aliphatic rings. The van der Waals surface area contributed by atoms with Gasteiger partial charge < -0.3 is 14.2 Å². The van der Waals surface area contributed by atoms with Crippen molar-refractivity contribution in [1.29, 1.82) is 0 Å². The molecular formula is C14H20O4. The lowest BCUT2D eigenvalue weighted by Crippen LogP contribution is -2.27. The van der Waals surface area contributed by atoms with Crippen LogP contribution in [0.3, 0.4) is 0 Å². The lowest BCUT2D eigenvalue weighted by molar-refractivity contribution is -0.0223. The molecule has 1 aromatic rings. The van der Waals surface area contributed by atoms with Crippen LogP contribution in [-0.2, 0) is 14.2 Å². The van der Waals surface area contributed by atoms with Crippen molar-refractivity contribution in [3.05, 3.63) is 34.9 Å².